The molecule has 6 heteroatoms. The van der Waals surface area contributed by atoms with E-state index in [1.54, 1.807) is 6.92 Å². The van der Waals surface area contributed by atoms with Gasteiger partial charge in [-0.1, -0.05) is 67.6 Å². The van der Waals surface area contributed by atoms with Crippen molar-refractivity contribution < 1.29 is 23.2 Å². The summed E-state index contributed by atoms with van der Waals surface area (Å²) in [6, 6.07) is 18.8. The van der Waals surface area contributed by atoms with Crippen LogP contribution in [0, 0.1) is 5.92 Å². The molecular formula is C18H23O5P. The summed E-state index contributed by atoms with van der Waals surface area (Å²) >= 11 is 0. The van der Waals surface area contributed by atoms with Crippen LogP contribution in [0.3, 0.4) is 0 Å². The average Bonchev–Trinajstić information content (AvgIpc) is 2.65. The van der Waals surface area contributed by atoms with Gasteiger partial charge in [0.1, 0.15) is 0 Å². The lowest BCUT2D eigenvalue weighted by Gasteiger charge is -2.19. The van der Waals surface area contributed by atoms with Crippen LogP contribution in [0.2, 0.25) is 0 Å². The van der Waals surface area contributed by atoms with E-state index in [9.17, 15) is 4.57 Å². The summed E-state index contributed by atoms with van der Waals surface area (Å²) in [6.07, 6.45) is 0. The number of hydrogen-bond acceptors (Lipinski definition) is 5. The van der Waals surface area contributed by atoms with Gasteiger partial charge >= 0.3 is 7.82 Å². The van der Waals surface area contributed by atoms with E-state index in [0.29, 0.717) is 0 Å². The highest BCUT2D eigenvalue weighted by Gasteiger charge is 2.27. The van der Waals surface area contributed by atoms with Crippen LogP contribution in [-0.2, 0) is 31.4 Å². The molecule has 24 heavy (non-hydrogen) atoms. The first-order valence-corrected chi connectivity index (χ1v) is 9.30. The van der Waals surface area contributed by atoms with Gasteiger partial charge in [0.05, 0.1) is 19.8 Å². The minimum absolute atomic E-state index is 0.0582. The Morgan fingerprint density at radius 1 is 0.875 bits per heavy atom. The summed E-state index contributed by atoms with van der Waals surface area (Å²) < 4.78 is 29.1. The lowest BCUT2D eigenvalue weighted by Crippen LogP contribution is -2.11. The number of rotatable bonds is 10. The Balaban J connectivity index is 1.98. The van der Waals surface area contributed by atoms with E-state index in [1.807, 2.05) is 60.7 Å². The molecule has 1 atom stereocenters. The molecule has 0 spiro atoms. The van der Waals surface area contributed by atoms with Crippen molar-refractivity contribution in [3.05, 3.63) is 71.8 Å². The molecule has 0 amide bonds. The summed E-state index contributed by atoms with van der Waals surface area (Å²) in [5.74, 6) is -0.154. The standard InChI is InChI=1S/C18H23O5P/c1-16(12-19)13-21-24(20,22-14-17-8-4-2-5-9-17)23-15-18-10-6-3-7-11-18/h2-11,16,19H,12-15H2,1H3. The van der Waals surface area contributed by atoms with Crippen LogP contribution < -0.4 is 0 Å². The fourth-order valence-corrected chi connectivity index (χ4v) is 3.11. The van der Waals surface area contributed by atoms with E-state index in [-0.39, 0.29) is 32.3 Å². The van der Waals surface area contributed by atoms with Crippen molar-refractivity contribution >= 4 is 7.82 Å². The van der Waals surface area contributed by atoms with Crippen molar-refractivity contribution in [3.8, 4) is 0 Å². The second-order valence-electron chi connectivity index (χ2n) is 5.55. The fourth-order valence-electron chi connectivity index (χ4n) is 1.84. The lowest BCUT2D eigenvalue weighted by molar-refractivity contribution is 0.0821. The van der Waals surface area contributed by atoms with Gasteiger partial charge in [-0.05, 0) is 11.1 Å². The van der Waals surface area contributed by atoms with E-state index >= 15 is 0 Å². The maximum Gasteiger partial charge on any atom is 0.475 e. The van der Waals surface area contributed by atoms with Gasteiger partial charge in [0.25, 0.3) is 0 Å². The molecule has 0 aliphatic rings. The third-order valence-electron chi connectivity index (χ3n) is 3.29. The summed E-state index contributed by atoms with van der Waals surface area (Å²) in [5.41, 5.74) is 1.75. The first-order chi connectivity index (χ1) is 11.6. The number of benzene rings is 2. The normalized spacial score (nSPS) is 12.9. The molecule has 0 bridgehead atoms. The van der Waals surface area contributed by atoms with Gasteiger partial charge in [0.2, 0.25) is 0 Å². The van der Waals surface area contributed by atoms with Crippen LogP contribution in [0.5, 0.6) is 0 Å². The van der Waals surface area contributed by atoms with Crippen LogP contribution >= 0.6 is 7.82 Å². The molecule has 130 valence electrons. The Morgan fingerprint density at radius 3 is 1.75 bits per heavy atom. The van der Waals surface area contributed by atoms with E-state index in [2.05, 4.69) is 0 Å². The van der Waals surface area contributed by atoms with Gasteiger partial charge in [-0.2, -0.15) is 0 Å². The molecule has 5 nitrogen and oxygen atoms in total. The number of phosphoric acid groups is 1. The summed E-state index contributed by atoms with van der Waals surface area (Å²) in [7, 11) is -3.73. The van der Waals surface area contributed by atoms with Gasteiger partial charge in [-0.3, -0.25) is 13.6 Å². The van der Waals surface area contributed by atoms with Crippen LogP contribution in [-0.4, -0.2) is 18.3 Å². The van der Waals surface area contributed by atoms with Crippen LogP contribution in [0.4, 0.5) is 0 Å². The fraction of sp³-hybridized carbons (Fsp3) is 0.333. The van der Waals surface area contributed by atoms with Crippen molar-refractivity contribution in [2.24, 2.45) is 5.92 Å². The molecule has 0 saturated heterocycles. The zero-order valence-corrected chi connectivity index (χ0v) is 14.6. The van der Waals surface area contributed by atoms with Gasteiger partial charge in [0, 0.05) is 12.5 Å². The first-order valence-electron chi connectivity index (χ1n) is 7.83. The maximum absolute atomic E-state index is 12.8. The topological polar surface area (TPSA) is 65.0 Å². The van der Waals surface area contributed by atoms with Gasteiger partial charge in [-0.15, -0.1) is 0 Å². The predicted molar refractivity (Wildman–Crippen MR) is 92.3 cm³/mol. The Kier molecular flexibility index (Phi) is 7.63. The summed E-state index contributed by atoms with van der Waals surface area (Å²) in [5, 5.41) is 9.10. The van der Waals surface area contributed by atoms with Crippen LogP contribution in [0.15, 0.2) is 60.7 Å². The number of phosphoric ester groups is 1. The highest BCUT2D eigenvalue weighted by atomic mass is 31.2. The van der Waals surface area contributed by atoms with Crippen molar-refractivity contribution in [2.45, 2.75) is 20.1 Å². The maximum atomic E-state index is 12.8. The second-order valence-corrected chi connectivity index (χ2v) is 7.22. The molecular weight excluding hydrogens is 327 g/mol. The van der Waals surface area contributed by atoms with Crippen LogP contribution in [0.25, 0.3) is 0 Å². The third-order valence-corrected chi connectivity index (χ3v) is 4.65. The largest absolute Gasteiger partial charge is 0.475 e. The molecule has 0 aliphatic heterocycles. The van der Waals surface area contributed by atoms with E-state index in [4.69, 9.17) is 18.7 Å². The lowest BCUT2D eigenvalue weighted by atomic mass is 10.2. The Bertz CT molecular complexity index is 585. The smallest absolute Gasteiger partial charge is 0.396 e. The highest BCUT2D eigenvalue weighted by molar-refractivity contribution is 7.48. The number of aliphatic hydroxyl groups excluding tert-OH is 1. The zero-order valence-electron chi connectivity index (χ0n) is 13.7. The molecule has 1 unspecified atom stereocenters. The molecule has 0 radical (unpaired) electrons. The van der Waals surface area contributed by atoms with Crippen molar-refractivity contribution in [1.82, 2.24) is 0 Å². The first kappa shape index (κ1) is 18.8. The summed E-state index contributed by atoms with van der Waals surface area (Å²) in [6.45, 7) is 2.08. The van der Waals surface area contributed by atoms with E-state index < -0.39 is 7.82 Å². The Labute approximate surface area is 142 Å². The molecule has 2 rings (SSSR count). The monoisotopic (exact) mass is 350 g/mol. The SMILES string of the molecule is CC(CO)COP(=O)(OCc1ccccc1)OCc1ccccc1. The van der Waals surface area contributed by atoms with Crippen LogP contribution in [0.1, 0.15) is 18.1 Å². The molecule has 1 N–H and O–H groups in total. The third kappa shape index (κ3) is 6.56. The van der Waals surface area contributed by atoms with Crippen molar-refractivity contribution in [3.63, 3.8) is 0 Å². The molecule has 0 heterocycles. The van der Waals surface area contributed by atoms with Gasteiger partial charge in [-0.25, -0.2) is 4.57 Å². The predicted octanol–water partition coefficient (Wildman–Crippen LogP) is 4.17. The van der Waals surface area contributed by atoms with Crippen molar-refractivity contribution in [2.75, 3.05) is 13.2 Å². The quantitative estimate of drug-likeness (QED) is 0.652. The molecule has 0 aliphatic carbocycles. The molecule has 0 fully saturated rings. The Morgan fingerprint density at radius 2 is 1.33 bits per heavy atom. The van der Waals surface area contributed by atoms with Gasteiger partial charge < -0.3 is 5.11 Å². The number of hydrogen-bond donors (Lipinski definition) is 1. The second kappa shape index (κ2) is 9.72. The summed E-state index contributed by atoms with van der Waals surface area (Å²) in [4.78, 5) is 0. The molecule has 2 aromatic rings. The van der Waals surface area contributed by atoms with Crippen molar-refractivity contribution in [1.29, 1.82) is 0 Å². The minimum atomic E-state index is -3.73. The minimum Gasteiger partial charge on any atom is -0.396 e. The molecule has 0 aromatic heterocycles. The van der Waals surface area contributed by atoms with Gasteiger partial charge in [0.15, 0.2) is 0 Å². The Hall–Kier alpha value is -1.49. The molecule has 0 saturated carbocycles. The van der Waals surface area contributed by atoms with E-state index in [0.717, 1.165) is 11.1 Å². The average molecular weight is 350 g/mol. The number of aliphatic hydroxyl groups is 1. The highest BCUT2D eigenvalue weighted by Crippen LogP contribution is 2.51. The zero-order chi connectivity index (χ0) is 17.3. The molecule has 2 aromatic carbocycles. The van der Waals surface area contributed by atoms with E-state index in [1.165, 1.54) is 0 Å².